The van der Waals surface area contributed by atoms with Crippen molar-refractivity contribution in [3.8, 4) is 0 Å². The fourth-order valence-corrected chi connectivity index (χ4v) is 2.75. The molecule has 7 heteroatoms. The van der Waals surface area contributed by atoms with Gasteiger partial charge in [-0.3, -0.25) is 19.5 Å². The molecule has 134 valence electrons. The van der Waals surface area contributed by atoms with Gasteiger partial charge in [-0.1, -0.05) is 24.3 Å². The third-order valence-corrected chi connectivity index (χ3v) is 3.97. The maximum Gasteiger partial charge on any atom is 0.273 e. The van der Waals surface area contributed by atoms with Crippen molar-refractivity contribution in [3.63, 3.8) is 0 Å². The SMILES string of the molecule is COCc1cccc(NC(=O)CCn2[nH]c(=O)c3ccccc3c2=O)c1. The van der Waals surface area contributed by atoms with E-state index in [0.29, 0.717) is 23.1 Å². The van der Waals surface area contributed by atoms with E-state index in [2.05, 4.69) is 10.4 Å². The van der Waals surface area contributed by atoms with E-state index in [1.165, 1.54) is 4.68 Å². The number of carbonyl (C=O) groups is 1. The Kier molecular flexibility index (Phi) is 5.28. The highest BCUT2D eigenvalue weighted by Crippen LogP contribution is 2.12. The zero-order valence-electron chi connectivity index (χ0n) is 14.3. The third kappa shape index (κ3) is 3.89. The predicted octanol–water partition coefficient (Wildman–Crippen LogP) is 1.86. The summed E-state index contributed by atoms with van der Waals surface area (Å²) in [7, 11) is 1.60. The molecular formula is C19H19N3O4. The Balaban J connectivity index is 1.71. The summed E-state index contributed by atoms with van der Waals surface area (Å²) in [5, 5.41) is 5.97. The van der Waals surface area contributed by atoms with E-state index in [9.17, 15) is 14.4 Å². The van der Waals surface area contributed by atoms with Gasteiger partial charge in [-0.25, -0.2) is 4.68 Å². The van der Waals surface area contributed by atoms with Crippen LogP contribution < -0.4 is 16.4 Å². The molecule has 0 aliphatic carbocycles. The summed E-state index contributed by atoms with van der Waals surface area (Å²) in [6.07, 6.45) is 0.0582. The number of ether oxygens (including phenoxy) is 1. The first-order valence-electron chi connectivity index (χ1n) is 8.18. The molecule has 1 aromatic heterocycles. The molecule has 1 amide bonds. The summed E-state index contributed by atoms with van der Waals surface area (Å²) in [5.41, 5.74) is 0.923. The minimum atomic E-state index is -0.354. The molecule has 0 atom stereocenters. The number of carbonyl (C=O) groups excluding carboxylic acids is 1. The summed E-state index contributed by atoms with van der Waals surface area (Å²) < 4.78 is 6.24. The second kappa shape index (κ2) is 7.79. The van der Waals surface area contributed by atoms with Crippen LogP contribution in [0.5, 0.6) is 0 Å². The Morgan fingerprint density at radius 2 is 1.88 bits per heavy atom. The van der Waals surface area contributed by atoms with Crippen LogP contribution in [-0.4, -0.2) is 22.8 Å². The predicted molar refractivity (Wildman–Crippen MR) is 99.2 cm³/mol. The monoisotopic (exact) mass is 353 g/mol. The van der Waals surface area contributed by atoms with E-state index in [0.717, 1.165) is 5.56 Å². The number of aryl methyl sites for hydroxylation is 1. The number of rotatable bonds is 6. The van der Waals surface area contributed by atoms with Crippen molar-refractivity contribution >= 4 is 22.4 Å². The van der Waals surface area contributed by atoms with Gasteiger partial charge < -0.3 is 10.1 Å². The summed E-state index contributed by atoms with van der Waals surface area (Å²) in [4.78, 5) is 36.6. The first-order valence-corrected chi connectivity index (χ1v) is 8.18. The van der Waals surface area contributed by atoms with Gasteiger partial charge in [0.2, 0.25) is 5.91 Å². The van der Waals surface area contributed by atoms with Crippen molar-refractivity contribution in [1.82, 2.24) is 9.78 Å². The summed E-state index contributed by atoms with van der Waals surface area (Å²) in [6.45, 7) is 0.542. The van der Waals surface area contributed by atoms with Crippen molar-refractivity contribution in [1.29, 1.82) is 0 Å². The van der Waals surface area contributed by atoms with Crippen LogP contribution in [0.25, 0.3) is 10.8 Å². The number of nitrogens with one attached hydrogen (secondary N) is 2. The lowest BCUT2D eigenvalue weighted by Crippen LogP contribution is -2.31. The van der Waals surface area contributed by atoms with Crippen LogP contribution >= 0.6 is 0 Å². The molecular weight excluding hydrogens is 334 g/mol. The minimum Gasteiger partial charge on any atom is -0.380 e. The van der Waals surface area contributed by atoms with Gasteiger partial charge in [0, 0.05) is 19.2 Å². The Bertz CT molecular complexity index is 1050. The average molecular weight is 353 g/mol. The lowest BCUT2D eigenvalue weighted by Gasteiger charge is -2.09. The van der Waals surface area contributed by atoms with Gasteiger partial charge in [0.25, 0.3) is 11.1 Å². The number of aromatic amines is 1. The molecule has 0 aliphatic heterocycles. The molecule has 1 heterocycles. The first kappa shape index (κ1) is 17.6. The Hall–Kier alpha value is -3.19. The van der Waals surface area contributed by atoms with Crippen molar-refractivity contribution < 1.29 is 9.53 Å². The molecule has 0 unspecified atom stereocenters. The molecule has 0 saturated heterocycles. The number of methoxy groups -OCH3 is 1. The Labute approximate surface area is 149 Å². The van der Waals surface area contributed by atoms with Gasteiger partial charge >= 0.3 is 0 Å². The molecule has 0 saturated carbocycles. The summed E-state index contributed by atoms with van der Waals surface area (Å²) >= 11 is 0. The number of hydrogen-bond acceptors (Lipinski definition) is 4. The number of amides is 1. The third-order valence-electron chi connectivity index (χ3n) is 3.97. The lowest BCUT2D eigenvalue weighted by molar-refractivity contribution is -0.116. The molecule has 0 fully saturated rings. The second-order valence-corrected chi connectivity index (χ2v) is 5.87. The second-order valence-electron chi connectivity index (χ2n) is 5.87. The minimum absolute atomic E-state index is 0.0582. The van der Waals surface area contributed by atoms with Crippen LogP contribution in [-0.2, 0) is 22.7 Å². The van der Waals surface area contributed by atoms with E-state index >= 15 is 0 Å². The molecule has 0 radical (unpaired) electrons. The molecule has 7 nitrogen and oxygen atoms in total. The molecule has 0 bridgehead atoms. The highest BCUT2D eigenvalue weighted by Gasteiger charge is 2.09. The van der Waals surface area contributed by atoms with Crippen LogP contribution in [0.4, 0.5) is 5.69 Å². The highest BCUT2D eigenvalue weighted by molar-refractivity contribution is 5.90. The van der Waals surface area contributed by atoms with Gasteiger partial charge in [-0.15, -0.1) is 0 Å². The molecule has 0 aliphatic rings. The average Bonchev–Trinajstić information content (AvgIpc) is 2.64. The van der Waals surface area contributed by atoms with Crippen LogP contribution in [0.3, 0.4) is 0 Å². The van der Waals surface area contributed by atoms with Crippen LogP contribution in [0.2, 0.25) is 0 Å². The van der Waals surface area contributed by atoms with E-state index in [1.807, 2.05) is 18.2 Å². The number of nitrogens with zero attached hydrogens (tertiary/aromatic N) is 1. The molecule has 26 heavy (non-hydrogen) atoms. The van der Waals surface area contributed by atoms with Crippen molar-refractivity contribution in [3.05, 3.63) is 74.8 Å². The summed E-state index contributed by atoms with van der Waals surface area (Å²) in [6, 6.07) is 13.9. The van der Waals surface area contributed by atoms with Crippen LogP contribution in [0, 0.1) is 0 Å². The van der Waals surface area contributed by atoms with Gasteiger partial charge in [0.1, 0.15) is 0 Å². The number of aromatic nitrogens is 2. The normalized spacial score (nSPS) is 10.8. The van der Waals surface area contributed by atoms with E-state index < -0.39 is 0 Å². The van der Waals surface area contributed by atoms with E-state index in [-0.39, 0.29) is 30.0 Å². The fraction of sp³-hybridized carbons (Fsp3) is 0.211. The zero-order chi connectivity index (χ0) is 18.5. The molecule has 2 N–H and O–H groups in total. The highest BCUT2D eigenvalue weighted by atomic mass is 16.5. The standard InChI is InChI=1S/C19H19N3O4/c1-26-12-13-5-4-6-14(11-13)20-17(23)9-10-22-19(25)16-8-3-2-7-15(16)18(24)21-22/h2-8,11H,9-10,12H2,1H3,(H,20,23)(H,21,24). The van der Waals surface area contributed by atoms with Crippen LogP contribution in [0.1, 0.15) is 12.0 Å². The lowest BCUT2D eigenvalue weighted by atomic mass is 10.2. The number of hydrogen-bond donors (Lipinski definition) is 2. The quantitative estimate of drug-likeness (QED) is 0.707. The van der Waals surface area contributed by atoms with Crippen LogP contribution in [0.15, 0.2) is 58.1 Å². The maximum atomic E-state index is 12.4. The number of H-pyrrole nitrogens is 1. The topological polar surface area (TPSA) is 93.2 Å². The van der Waals surface area contributed by atoms with E-state index in [1.54, 1.807) is 37.4 Å². The fourth-order valence-electron chi connectivity index (χ4n) is 2.75. The van der Waals surface area contributed by atoms with Gasteiger partial charge in [-0.2, -0.15) is 0 Å². The Morgan fingerprint density at radius 1 is 1.12 bits per heavy atom. The molecule has 0 spiro atoms. The number of benzene rings is 2. The van der Waals surface area contributed by atoms with Crippen molar-refractivity contribution in [2.24, 2.45) is 0 Å². The zero-order valence-corrected chi connectivity index (χ0v) is 14.3. The van der Waals surface area contributed by atoms with Crippen molar-refractivity contribution in [2.45, 2.75) is 19.6 Å². The van der Waals surface area contributed by atoms with Crippen molar-refractivity contribution in [2.75, 3.05) is 12.4 Å². The molecule has 3 rings (SSSR count). The maximum absolute atomic E-state index is 12.4. The smallest absolute Gasteiger partial charge is 0.273 e. The molecule has 2 aromatic carbocycles. The van der Waals surface area contributed by atoms with Gasteiger partial charge in [0.05, 0.1) is 23.9 Å². The largest absolute Gasteiger partial charge is 0.380 e. The Morgan fingerprint density at radius 3 is 2.65 bits per heavy atom. The van der Waals surface area contributed by atoms with E-state index in [4.69, 9.17) is 4.74 Å². The number of fused-ring (bicyclic) bond motifs is 1. The first-order chi connectivity index (χ1) is 12.6. The van der Waals surface area contributed by atoms with Gasteiger partial charge in [-0.05, 0) is 29.8 Å². The summed E-state index contributed by atoms with van der Waals surface area (Å²) in [5.74, 6) is -0.250. The molecule has 3 aromatic rings. The number of anilines is 1. The van der Waals surface area contributed by atoms with Gasteiger partial charge in [0.15, 0.2) is 0 Å².